The number of hydrogen-bond acceptors (Lipinski definition) is 3. The molecule has 0 aliphatic carbocycles. The summed E-state index contributed by atoms with van der Waals surface area (Å²) in [7, 11) is 0. The Hall–Kier alpha value is -1.55. The lowest BCUT2D eigenvalue weighted by Crippen LogP contribution is -2.28. The van der Waals surface area contributed by atoms with Crippen LogP contribution in [0.5, 0.6) is 0 Å². The predicted octanol–water partition coefficient (Wildman–Crippen LogP) is 2.13. The molecule has 2 N–H and O–H groups in total. The SMILES string of the molecule is CCC(CCO)CNC(=O)/C=C/c1ccc(C)o1. The van der Waals surface area contributed by atoms with E-state index in [1.807, 2.05) is 26.0 Å². The van der Waals surface area contributed by atoms with E-state index in [2.05, 4.69) is 5.32 Å². The van der Waals surface area contributed by atoms with E-state index in [0.717, 1.165) is 18.6 Å². The van der Waals surface area contributed by atoms with Crippen molar-refractivity contribution in [2.45, 2.75) is 26.7 Å². The number of furan rings is 1. The highest BCUT2D eigenvalue weighted by Gasteiger charge is 2.06. The third-order valence-electron chi connectivity index (χ3n) is 2.84. The van der Waals surface area contributed by atoms with Crippen molar-refractivity contribution < 1.29 is 14.3 Å². The van der Waals surface area contributed by atoms with E-state index < -0.39 is 0 Å². The monoisotopic (exact) mass is 251 g/mol. The van der Waals surface area contributed by atoms with Gasteiger partial charge in [0, 0.05) is 19.2 Å². The Kier molecular flexibility index (Phi) is 6.22. The molecule has 0 saturated carbocycles. The second-order valence-electron chi connectivity index (χ2n) is 4.31. The summed E-state index contributed by atoms with van der Waals surface area (Å²) < 4.78 is 5.32. The molecule has 1 atom stereocenters. The van der Waals surface area contributed by atoms with Gasteiger partial charge in [0.15, 0.2) is 0 Å². The fourth-order valence-corrected chi connectivity index (χ4v) is 1.64. The standard InChI is InChI=1S/C14H21NO3/c1-3-12(8-9-16)10-15-14(17)7-6-13-5-4-11(2)18-13/h4-7,12,16H,3,8-10H2,1-2H3,(H,15,17)/b7-6+. The van der Waals surface area contributed by atoms with Gasteiger partial charge in [0.2, 0.25) is 5.91 Å². The molecule has 0 aliphatic heterocycles. The van der Waals surface area contributed by atoms with Crippen LogP contribution < -0.4 is 5.32 Å². The van der Waals surface area contributed by atoms with Crippen LogP contribution in [-0.4, -0.2) is 24.2 Å². The first-order valence-corrected chi connectivity index (χ1v) is 6.29. The van der Waals surface area contributed by atoms with Crippen molar-refractivity contribution in [1.29, 1.82) is 0 Å². The smallest absolute Gasteiger partial charge is 0.244 e. The number of hydrogen-bond donors (Lipinski definition) is 2. The number of carbonyl (C=O) groups excluding carboxylic acids is 1. The molecule has 0 saturated heterocycles. The average molecular weight is 251 g/mol. The minimum Gasteiger partial charge on any atom is -0.462 e. The van der Waals surface area contributed by atoms with Crippen LogP contribution in [-0.2, 0) is 4.79 Å². The van der Waals surface area contributed by atoms with E-state index in [4.69, 9.17) is 9.52 Å². The zero-order valence-electron chi connectivity index (χ0n) is 11.0. The zero-order chi connectivity index (χ0) is 13.4. The van der Waals surface area contributed by atoms with E-state index in [9.17, 15) is 4.79 Å². The zero-order valence-corrected chi connectivity index (χ0v) is 11.0. The van der Waals surface area contributed by atoms with Crippen molar-refractivity contribution in [3.8, 4) is 0 Å². The molecular weight excluding hydrogens is 230 g/mol. The quantitative estimate of drug-likeness (QED) is 0.730. The third-order valence-corrected chi connectivity index (χ3v) is 2.84. The van der Waals surface area contributed by atoms with Gasteiger partial charge in [-0.05, 0) is 37.5 Å². The van der Waals surface area contributed by atoms with Gasteiger partial charge in [-0.1, -0.05) is 13.3 Å². The van der Waals surface area contributed by atoms with Crippen LogP contribution in [0.25, 0.3) is 6.08 Å². The number of rotatable bonds is 7. The number of nitrogens with one attached hydrogen (secondary N) is 1. The third kappa shape index (κ3) is 5.19. The fraction of sp³-hybridized carbons (Fsp3) is 0.500. The summed E-state index contributed by atoms with van der Waals surface area (Å²) >= 11 is 0. The first kappa shape index (κ1) is 14.5. The van der Waals surface area contributed by atoms with E-state index in [1.54, 1.807) is 6.08 Å². The molecular formula is C14H21NO3. The molecule has 1 aromatic rings. The van der Waals surface area contributed by atoms with Gasteiger partial charge in [0.05, 0.1) is 0 Å². The summed E-state index contributed by atoms with van der Waals surface area (Å²) in [6, 6.07) is 3.67. The van der Waals surface area contributed by atoms with Crippen molar-refractivity contribution in [2.24, 2.45) is 5.92 Å². The van der Waals surface area contributed by atoms with Gasteiger partial charge in [-0.15, -0.1) is 0 Å². The highest BCUT2D eigenvalue weighted by atomic mass is 16.3. The van der Waals surface area contributed by atoms with Crippen LogP contribution in [0.3, 0.4) is 0 Å². The van der Waals surface area contributed by atoms with Gasteiger partial charge >= 0.3 is 0 Å². The van der Waals surface area contributed by atoms with Crippen molar-refractivity contribution in [2.75, 3.05) is 13.2 Å². The fourth-order valence-electron chi connectivity index (χ4n) is 1.64. The highest BCUT2D eigenvalue weighted by molar-refractivity contribution is 5.91. The molecule has 18 heavy (non-hydrogen) atoms. The minimum atomic E-state index is -0.138. The molecule has 0 bridgehead atoms. The second-order valence-corrected chi connectivity index (χ2v) is 4.31. The number of aliphatic hydroxyl groups excluding tert-OH is 1. The van der Waals surface area contributed by atoms with Gasteiger partial charge < -0.3 is 14.8 Å². The van der Waals surface area contributed by atoms with Crippen LogP contribution in [0.4, 0.5) is 0 Å². The lowest BCUT2D eigenvalue weighted by atomic mass is 10.0. The van der Waals surface area contributed by atoms with Gasteiger partial charge in [-0.3, -0.25) is 4.79 Å². The first-order chi connectivity index (χ1) is 8.65. The lowest BCUT2D eigenvalue weighted by Gasteiger charge is -2.13. The highest BCUT2D eigenvalue weighted by Crippen LogP contribution is 2.08. The number of amides is 1. The molecule has 1 amide bonds. The van der Waals surface area contributed by atoms with E-state index in [1.165, 1.54) is 6.08 Å². The minimum absolute atomic E-state index is 0.138. The maximum absolute atomic E-state index is 11.5. The molecule has 4 nitrogen and oxygen atoms in total. The van der Waals surface area contributed by atoms with Crippen molar-refractivity contribution in [3.05, 3.63) is 29.7 Å². The summed E-state index contributed by atoms with van der Waals surface area (Å²) in [5.74, 6) is 1.69. The van der Waals surface area contributed by atoms with Crippen LogP contribution in [0.2, 0.25) is 0 Å². The molecule has 1 unspecified atom stereocenters. The summed E-state index contributed by atoms with van der Waals surface area (Å²) in [5, 5.41) is 11.7. The van der Waals surface area contributed by atoms with Crippen LogP contribution in [0, 0.1) is 12.8 Å². The van der Waals surface area contributed by atoms with Crippen molar-refractivity contribution in [3.63, 3.8) is 0 Å². The normalized spacial score (nSPS) is 12.8. The Bertz CT molecular complexity index is 395. The number of aliphatic hydroxyl groups is 1. The average Bonchev–Trinajstić information content (AvgIpc) is 2.77. The van der Waals surface area contributed by atoms with Crippen molar-refractivity contribution in [1.82, 2.24) is 5.32 Å². The predicted molar refractivity (Wildman–Crippen MR) is 71.0 cm³/mol. The molecule has 1 heterocycles. The van der Waals surface area contributed by atoms with E-state index in [-0.39, 0.29) is 12.5 Å². The molecule has 1 aromatic heterocycles. The molecule has 0 radical (unpaired) electrons. The molecule has 0 spiro atoms. The summed E-state index contributed by atoms with van der Waals surface area (Å²) in [5.41, 5.74) is 0. The summed E-state index contributed by atoms with van der Waals surface area (Å²) in [4.78, 5) is 11.5. The molecule has 1 rings (SSSR count). The van der Waals surface area contributed by atoms with Gasteiger partial charge in [-0.25, -0.2) is 0 Å². The Morgan fingerprint density at radius 2 is 2.33 bits per heavy atom. The number of carbonyl (C=O) groups is 1. The van der Waals surface area contributed by atoms with E-state index in [0.29, 0.717) is 18.2 Å². The van der Waals surface area contributed by atoms with Crippen LogP contribution in [0.15, 0.2) is 22.6 Å². The summed E-state index contributed by atoms with van der Waals surface area (Å²) in [6.07, 6.45) is 4.78. The van der Waals surface area contributed by atoms with Gasteiger partial charge in [-0.2, -0.15) is 0 Å². The van der Waals surface area contributed by atoms with E-state index >= 15 is 0 Å². The van der Waals surface area contributed by atoms with Crippen molar-refractivity contribution >= 4 is 12.0 Å². The lowest BCUT2D eigenvalue weighted by molar-refractivity contribution is -0.116. The Morgan fingerprint density at radius 3 is 2.89 bits per heavy atom. The van der Waals surface area contributed by atoms with Gasteiger partial charge in [0.25, 0.3) is 0 Å². The maximum Gasteiger partial charge on any atom is 0.244 e. The van der Waals surface area contributed by atoms with Crippen LogP contribution >= 0.6 is 0 Å². The Labute approximate surface area is 108 Å². The maximum atomic E-state index is 11.5. The Morgan fingerprint density at radius 1 is 1.56 bits per heavy atom. The Balaban J connectivity index is 2.35. The second kappa shape index (κ2) is 7.71. The molecule has 4 heteroatoms. The van der Waals surface area contributed by atoms with Crippen LogP contribution in [0.1, 0.15) is 31.3 Å². The molecule has 0 aliphatic rings. The first-order valence-electron chi connectivity index (χ1n) is 6.29. The van der Waals surface area contributed by atoms with Gasteiger partial charge in [0.1, 0.15) is 11.5 Å². The number of aryl methyl sites for hydroxylation is 1. The summed E-state index contributed by atoms with van der Waals surface area (Å²) in [6.45, 7) is 4.67. The largest absolute Gasteiger partial charge is 0.462 e. The molecule has 0 fully saturated rings. The molecule has 0 aromatic carbocycles. The topological polar surface area (TPSA) is 62.5 Å². The molecule has 100 valence electrons.